The van der Waals surface area contributed by atoms with Crippen LogP contribution in [-0.2, 0) is 16.4 Å². The van der Waals surface area contributed by atoms with Crippen molar-refractivity contribution in [1.82, 2.24) is 0 Å². The number of halogens is 1. The number of benzene rings is 2. The maximum atomic E-state index is 12.5. The van der Waals surface area contributed by atoms with Crippen LogP contribution in [0.25, 0.3) is 6.08 Å². The summed E-state index contributed by atoms with van der Waals surface area (Å²) in [6.45, 7) is 0. The average molecular weight is 350 g/mol. The highest BCUT2D eigenvalue weighted by Crippen LogP contribution is 2.31. The molecule has 5 heteroatoms. The Hall–Kier alpha value is -1.59. The molecule has 0 fully saturated rings. The van der Waals surface area contributed by atoms with Crippen molar-refractivity contribution in [2.45, 2.75) is 11.3 Å². The van der Waals surface area contributed by atoms with Gasteiger partial charge in [-0.2, -0.15) is 3.33 Å². The smallest absolute Gasteiger partial charge is 0.200 e. The van der Waals surface area contributed by atoms with Crippen LogP contribution in [0.2, 0.25) is 0 Å². The molecule has 2 aromatic rings. The second-order valence-electron chi connectivity index (χ2n) is 4.52. The third-order valence-electron chi connectivity index (χ3n) is 3.22. The van der Waals surface area contributed by atoms with Crippen molar-refractivity contribution in [3.63, 3.8) is 0 Å². The number of hydrogen-bond donors (Lipinski definition) is 0. The van der Waals surface area contributed by atoms with Gasteiger partial charge in [0.15, 0.2) is 0 Å². The zero-order valence-corrected chi connectivity index (χ0v) is 12.9. The fourth-order valence-electron chi connectivity index (χ4n) is 2.17. The van der Waals surface area contributed by atoms with Crippen molar-refractivity contribution in [1.29, 1.82) is 0 Å². The van der Waals surface area contributed by atoms with Gasteiger partial charge in [-0.1, -0.05) is 36.4 Å². The average Bonchev–Trinajstić information content (AvgIpc) is 2.94. The van der Waals surface area contributed by atoms with E-state index in [1.54, 1.807) is 36.4 Å². The lowest BCUT2D eigenvalue weighted by Gasteiger charge is -2.17. The minimum absolute atomic E-state index is 0.257. The predicted molar refractivity (Wildman–Crippen MR) is 84.2 cm³/mol. The molecule has 1 aliphatic rings. The highest BCUT2D eigenvalue weighted by molar-refractivity contribution is 9.11. The number of fused-ring (bicyclic) bond motifs is 1. The molecule has 20 heavy (non-hydrogen) atoms. The first kappa shape index (κ1) is 13.4. The van der Waals surface area contributed by atoms with Gasteiger partial charge in [0.05, 0.1) is 26.7 Å². The topological polar surface area (TPSA) is 37.4 Å². The Morgan fingerprint density at radius 1 is 1.05 bits per heavy atom. The Balaban J connectivity index is 2.00. The molecule has 0 radical (unpaired) electrons. The zero-order valence-electron chi connectivity index (χ0n) is 10.5. The van der Waals surface area contributed by atoms with Crippen LogP contribution in [0.3, 0.4) is 0 Å². The van der Waals surface area contributed by atoms with Gasteiger partial charge in [0.1, 0.15) is 0 Å². The maximum Gasteiger partial charge on any atom is 0.273 e. The van der Waals surface area contributed by atoms with Crippen molar-refractivity contribution in [2.24, 2.45) is 0 Å². The molecule has 102 valence electrons. The zero-order chi connectivity index (χ0) is 14.2. The summed E-state index contributed by atoms with van der Waals surface area (Å²) in [5.41, 5.74) is 2.88. The van der Waals surface area contributed by atoms with Gasteiger partial charge in [0.2, 0.25) is 0 Å². The quantitative estimate of drug-likeness (QED) is 0.791. The fourth-order valence-corrected chi connectivity index (χ4v) is 3.97. The molecule has 0 bridgehead atoms. The second-order valence-corrected chi connectivity index (χ2v) is 7.49. The van der Waals surface area contributed by atoms with Crippen LogP contribution in [0.5, 0.6) is 0 Å². The highest BCUT2D eigenvalue weighted by atomic mass is 79.9. The SMILES string of the molecule is O=S(=O)(c1ccccc1)N(Br)c1ccc2c(c1)C=CC2. The van der Waals surface area contributed by atoms with Crippen molar-refractivity contribution >= 4 is 37.9 Å². The minimum Gasteiger partial charge on any atom is -0.200 e. The molecule has 2 aromatic carbocycles. The summed E-state index contributed by atoms with van der Waals surface area (Å²) in [6.07, 6.45) is 4.98. The third-order valence-corrected chi connectivity index (χ3v) is 6.27. The predicted octanol–water partition coefficient (Wildman–Crippen LogP) is 3.76. The first-order valence-electron chi connectivity index (χ1n) is 6.15. The molecular weight excluding hydrogens is 338 g/mol. The van der Waals surface area contributed by atoms with E-state index in [4.69, 9.17) is 0 Å². The number of nitrogens with zero attached hydrogens (tertiary/aromatic N) is 1. The molecule has 0 spiro atoms. The van der Waals surface area contributed by atoms with Crippen LogP contribution >= 0.6 is 16.1 Å². The van der Waals surface area contributed by atoms with Gasteiger partial charge >= 0.3 is 0 Å². The molecule has 0 unspecified atom stereocenters. The molecule has 0 amide bonds. The van der Waals surface area contributed by atoms with Crippen LogP contribution in [0.4, 0.5) is 5.69 Å². The highest BCUT2D eigenvalue weighted by Gasteiger charge is 2.23. The molecule has 0 saturated carbocycles. The van der Waals surface area contributed by atoms with E-state index >= 15 is 0 Å². The number of anilines is 1. The number of rotatable bonds is 3. The van der Waals surface area contributed by atoms with Crippen LogP contribution in [0.15, 0.2) is 59.5 Å². The molecule has 0 heterocycles. The summed E-state index contributed by atoms with van der Waals surface area (Å²) in [7, 11) is -3.58. The van der Waals surface area contributed by atoms with Gasteiger partial charge in [-0.25, -0.2) is 8.42 Å². The maximum absolute atomic E-state index is 12.5. The van der Waals surface area contributed by atoms with E-state index in [1.165, 1.54) is 5.56 Å². The summed E-state index contributed by atoms with van der Waals surface area (Å²) in [5.74, 6) is 0. The summed E-state index contributed by atoms with van der Waals surface area (Å²) < 4.78 is 26.1. The summed E-state index contributed by atoms with van der Waals surface area (Å²) in [5, 5.41) is 0. The molecule has 0 saturated heterocycles. The van der Waals surface area contributed by atoms with Gasteiger partial charge in [0, 0.05) is 0 Å². The van der Waals surface area contributed by atoms with Gasteiger partial charge in [0.25, 0.3) is 10.0 Å². The van der Waals surface area contributed by atoms with Crippen molar-refractivity contribution in [3.05, 3.63) is 65.7 Å². The molecule has 0 aromatic heterocycles. The van der Waals surface area contributed by atoms with E-state index < -0.39 is 10.0 Å². The molecule has 0 atom stereocenters. The Morgan fingerprint density at radius 2 is 1.80 bits per heavy atom. The fraction of sp³-hybridized carbons (Fsp3) is 0.0667. The summed E-state index contributed by atoms with van der Waals surface area (Å²) in [6, 6.07) is 14.0. The van der Waals surface area contributed by atoms with Crippen molar-refractivity contribution < 1.29 is 8.42 Å². The van der Waals surface area contributed by atoms with Crippen LogP contribution in [0.1, 0.15) is 11.1 Å². The van der Waals surface area contributed by atoms with E-state index in [0.717, 1.165) is 15.3 Å². The van der Waals surface area contributed by atoms with E-state index in [9.17, 15) is 8.42 Å². The molecular formula is C15H12BrNO2S. The van der Waals surface area contributed by atoms with Crippen molar-refractivity contribution in [2.75, 3.05) is 3.33 Å². The first-order valence-corrected chi connectivity index (χ1v) is 8.29. The summed E-state index contributed by atoms with van der Waals surface area (Å²) in [4.78, 5) is 0.257. The number of allylic oxidation sites excluding steroid dienone is 1. The van der Waals surface area contributed by atoms with Gasteiger partial charge in [-0.15, -0.1) is 0 Å². The lowest BCUT2D eigenvalue weighted by molar-refractivity contribution is 0.598. The Bertz CT molecular complexity index is 770. The van der Waals surface area contributed by atoms with E-state index in [1.807, 2.05) is 18.2 Å². The molecule has 3 rings (SSSR count). The third kappa shape index (κ3) is 2.27. The lowest BCUT2D eigenvalue weighted by atomic mass is 10.1. The first-order chi connectivity index (χ1) is 9.59. The molecule has 0 N–H and O–H groups in total. The Labute approximate surface area is 126 Å². The number of sulfonamides is 1. The van der Waals surface area contributed by atoms with E-state index in [-0.39, 0.29) is 4.90 Å². The lowest BCUT2D eigenvalue weighted by Crippen LogP contribution is -2.20. The molecule has 1 aliphatic carbocycles. The van der Waals surface area contributed by atoms with Gasteiger partial charge in [-0.3, -0.25) is 0 Å². The second kappa shape index (κ2) is 5.07. The number of hydrogen-bond acceptors (Lipinski definition) is 2. The van der Waals surface area contributed by atoms with Crippen molar-refractivity contribution in [3.8, 4) is 0 Å². The largest absolute Gasteiger partial charge is 0.273 e. The molecule has 0 aliphatic heterocycles. The van der Waals surface area contributed by atoms with Crippen LogP contribution in [0, 0.1) is 0 Å². The van der Waals surface area contributed by atoms with Gasteiger partial charge < -0.3 is 0 Å². The standard InChI is InChI=1S/C15H12BrNO2S/c16-17(20(18,19)15-7-2-1-3-8-15)14-10-9-12-5-4-6-13(12)11-14/h1-4,6-11H,5H2. The minimum atomic E-state index is -3.58. The Kier molecular flexibility index (Phi) is 3.40. The van der Waals surface area contributed by atoms with Crippen LogP contribution in [-0.4, -0.2) is 8.42 Å². The van der Waals surface area contributed by atoms with E-state index in [2.05, 4.69) is 22.2 Å². The Morgan fingerprint density at radius 3 is 2.55 bits per heavy atom. The summed E-state index contributed by atoms with van der Waals surface area (Å²) >= 11 is 3.17. The van der Waals surface area contributed by atoms with Crippen LogP contribution < -0.4 is 3.33 Å². The van der Waals surface area contributed by atoms with E-state index in [0.29, 0.717) is 5.69 Å². The monoisotopic (exact) mass is 349 g/mol. The molecule has 3 nitrogen and oxygen atoms in total. The van der Waals surface area contributed by atoms with Gasteiger partial charge in [-0.05, 0) is 41.8 Å². The normalized spacial score (nSPS) is 13.2.